The molecule has 0 aliphatic rings. The minimum atomic E-state index is -4.65. The lowest BCUT2D eigenvalue weighted by molar-refractivity contribution is -0.870. The van der Waals surface area contributed by atoms with Gasteiger partial charge in [-0.3, -0.25) is 14.2 Å². The lowest BCUT2D eigenvalue weighted by Gasteiger charge is -2.28. The number of rotatable bonds is 37. The summed E-state index contributed by atoms with van der Waals surface area (Å²) in [5.74, 6) is -0.926. The van der Waals surface area contributed by atoms with Gasteiger partial charge in [-0.1, -0.05) is 125 Å². The molecular weight excluding hydrogens is 725 g/mol. The van der Waals surface area contributed by atoms with Crippen molar-refractivity contribution >= 4 is 19.8 Å². The number of phosphoric ester groups is 1. The number of nitrogens with zero attached hydrogens (tertiary/aromatic N) is 1. The van der Waals surface area contributed by atoms with Crippen molar-refractivity contribution in [3.63, 3.8) is 0 Å². The molecule has 0 aliphatic carbocycles. The van der Waals surface area contributed by atoms with Crippen molar-refractivity contribution in [3.8, 4) is 0 Å². The molecule has 0 fully saturated rings. The molecule has 0 N–H and O–H groups in total. The maximum absolute atomic E-state index is 12.7. The van der Waals surface area contributed by atoms with E-state index in [2.05, 4.69) is 98.9 Å². The molecule has 0 spiro atoms. The highest BCUT2D eigenvalue weighted by molar-refractivity contribution is 7.45. The number of allylic oxidation sites excluding steroid dienone is 14. The van der Waals surface area contributed by atoms with E-state index in [1.165, 1.54) is 25.7 Å². The molecule has 0 aromatic rings. The van der Waals surface area contributed by atoms with Gasteiger partial charge in [-0.15, -0.1) is 0 Å². The van der Waals surface area contributed by atoms with Crippen molar-refractivity contribution in [2.45, 2.75) is 148 Å². The Labute approximate surface area is 341 Å². The van der Waals surface area contributed by atoms with Gasteiger partial charge in [-0.05, 0) is 89.9 Å². The number of quaternary nitrogens is 1. The molecule has 0 saturated heterocycles. The maximum atomic E-state index is 12.7. The van der Waals surface area contributed by atoms with E-state index in [9.17, 15) is 19.0 Å². The zero-order chi connectivity index (χ0) is 41.4. The molecule has 0 aromatic heterocycles. The first-order chi connectivity index (χ1) is 27.0. The monoisotopic (exact) mass is 804 g/mol. The van der Waals surface area contributed by atoms with E-state index in [-0.39, 0.29) is 26.1 Å². The predicted molar refractivity (Wildman–Crippen MR) is 231 cm³/mol. The molecule has 9 nitrogen and oxygen atoms in total. The van der Waals surface area contributed by atoms with Gasteiger partial charge in [-0.25, -0.2) is 0 Å². The summed E-state index contributed by atoms with van der Waals surface area (Å²) in [7, 11) is 1.11. The second-order valence-electron chi connectivity index (χ2n) is 15.0. The van der Waals surface area contributed by atoms with Crippen LogP contribution >= 0.6 is 7.82 Å². The lowest BCUT2D eigenvalue weighted by atomic mass is 10.1. The average molecular weight is 804 g/mol. The molecule has 2 atom stereocenters. The van der Waals surface area contributed by atoms with Gasteiger partial charge in [0, 0.05) is 12.8 Å². The Hall–Kier alpha value is -2.81. The standard InChI is InChI=1S/C46H78NO8P/c1-6-8-10-12-14-16-18-20-22-23-25-27-29-31-33-35-37-39-46(49)55-44(43-54-56(50,51)53-41-40-47(3,4)5)42-52-45(48)38-36-34-32-30-28-26-24-21-19-17-15-13-11-9-7-2/h10,12,15-18,21-24,27-30,44H,6-9,11,13-14,19-20,25-26,31-43H2,1-5H3/b12-10+,17-15+,18-16+,23-22+,24-21+,29-27+,30-28+/t44-/m1/s1. The van der Waals surface area contributed by atoms with E-state index in [1.807, 2.05) is 21.1 Å². The summed E-state index contributed by atoms with van der Waals surface area (Å²) >= 11 is 0. The highest BCUT2D eigenvalue weighted by atomic mass is 31.2. The third kappa shape index (κ3) is 40.8. The van der Waals surface area contributed by atoms with Gasteiger partial charge in [0.1, 0.15) is 19.8 Å². The van der Waals surface area contributed by atoms with Crippen LogP contribution in [0, 0.1) is 0 Å². The van der Waals surface area contributed by atoms with E-state index in [1.54, 1.807) is 0 Å². The van der Waals surface area contributed by atoms with Crippen LogP contribution in [-0.2, 0) is 32.7 Å². The number of esters is 2. The Bertz CT molecular complexity index is 1230. The van der Waals surface area contributed by atoms with Crippen LogP contribution in [0.15, 0.2) is 85.1 Å². The van der Waals surface area contributed by atoms with Crippen LogP contribution in [0.4, 0.5) is 0 Å². The number of phosphoric acid groups is 1. The molecule has 0 aromatic carbocycles. The van der Waals surface area contributed by atoms with Gasteiger partial charge in [0.05, 0.1) is 27.7 Å². The molecule has 56 heavy (non-hydrogen) atoms. The fourth-order valence-corrected chi connectivity index (χ4v) is 5.73. The molecule has 0 amide bonds. The molecule has 0 radical (unpaired) electrons. The van der Waals surface area contributed by atoms with Gasteiger partial charge in [0.2, 0.25) is 0 Å². The summed E-state index contributed by atoms with van der Waals surface area (Å²) in [5, 5.41) is 0. The first kappa shape index (κ1) is 53.2. The molecule has 0 heterocycles. The van der Waals surface area contributed by atoms with Gasteiger partial charge in [0.25, 0.3) is 7.82 Å². The molecule has 320 valence electrons. The quantitative estimate of drug-likeness (QED) is 0.0201. The predicted octanol–water partition coefficient (Wildman–Crippen LogP) is 11.4. The summed E-state index contributed by atoms with van der Waals surface area (Å²) in [6, 6.07) is 0. The van der Waals surface area contributed by atoms with Crippen molar-refractivity contribution in [2.24, 2.45) is 0 Å². The smallest absolute Gasteiger partial charge is 0.306 e. The van der Waals surface area contributed by atoms with Crippen LogP contribution < -0.4 is 4.89 Å². The number of unbranched alkanes of at least 4 members (excludes halogenated alkanes) is 9. The van der Waals surface area contributed by atoms with Gasteiger partial charge in [-0.2, -0.15) is 0 Å². The van der Waals surface area contributed by atoms with Crippen molar-refractivity contribution in [1.29, 1.82) is 0 Å². The van der Waals surface area contributed by atoms with Gasteiger partial charge >= 0.3 is 11.9 Å². The van der Waals surface area contributed by atoms with Crippen molar-refractivity contribution in [3.05, 3.63) is 85.1 Å². The van der Waals surface area contributed by atoms with Gasteiger partial charge in [0.15, 0.2) is 6.10 Å². The molecule has 0 aliphatic heterocycles. The third-order valence-electron chi connectivity index (χ3n) is 8.37. The average Bonchev–Trinajstić information content (AvgIpc) is 3.15. The van der Waals surface area contributed by atoms with Gasteiger partial charge < -0.3 is 27.9 Å². The van der Waals surface area contributed by atoms with Crippen LogP contribution in [0.3, 0.4) is 0 Å². The van der Waals surface area contributed by atoms with Crippen LogP contribution in [0.25, 0.3) is 0 Å². The number of ether oxygens (including phenoxy) is 2. The SMILES string of the molecule is CCC/C=C/C/C=C/C/C=C/C/C=C/CCCCCC(=O)O[C@H](COC(=O)CCCC/C=C/C/C=C/C/C=C/CCCCC)COP(=O)([O-])OCC[N+](C)(C)C. The van der Waals surface area contributed by atoms with Crippen molar-refractivity contribution in [1.82, 2.24) is 0 Å². The minimum Gasteiger partial charge on any atom is -0.756 e. The maximum Gasteiger partial charge on any atom is 0.306 e. The molecule has 10 heteroatoms. The minimum absolute atomic E-state index is 0.0482. The zero-order valence-electron chi connectivity index (χ0n) is 35.8. The van der Waals surface area contributed by atoms with E-state index in [0.717, 1.165) is 77.0 Å². The molecule has 0 rings (SSSR count). The summed E-state index contributed by atoms with van der Waals surface area (Å²) in [6.45, 7) is 4.01. The van der Waals surface area contributed by atoms with E-state index < -0.39 is 32.5 Å². The summed E-state index contributed by atoms with van der Waals surface area (Å²) in [5.41, 5.74) is 0. The number of hydrogen-bond donors (Lipinski definition) is 0. The first-order valence-electron chi connectivity index (χ1n) is 21.3. The van der Waals surface area contributed by atoms with E-state index >= 15 is 0 Å². The molecular formula is C46H78NO8P. The van der Waals surface area contributed by atoms with E-state index in [0.29, 0.717) is 23.9 Å². The number of carbonyl (C=O) groups excluding carboxylic acids is 2. The second-order valence-corrected chi connectivity index (χ2v) is 16.4. The van der Waals surface area contributed by atoms with Crippen LogP contribution in [0.2, 0.25) is 0 Å². The topological polar surface area (TPSA) is 111 Å². The lowest BCUT2D eigenvalue weighted by Crippen LogP contribution is -2.37. The number of likely N-dealkylation sites (N-methyl/N-ethyl adjacent to an activating group) is 1. The number of hydrogen-bond acceptors (Lipinski definition) is 8. The van der Waals surface area contributed by atoms with Crippen molar-refractivity contribution in [2.75, 3.05) is 47.5 Å². The Kier molecular flexibility index (Phi) is 35.9. The molecule has 1 unspecified atom stereocenters. The molecule has 0 bridgehead atoms. The number of carbonyl (C=O) groups is 2. The fraction of sp³-hybridized carbons (Fsp3) is 0.652. The summed E-state index contributed by atoms with van der Waals surface area (Å²) in [6.07, 6.45) is 47.5. The zero-order valence-corrected chi connectivity index (χ0v) is 36.7. The summed E-state index contributed by atoms with van der Waals surface area (Å²) < 4.78 is 33.8. The Balaban J connectivity index is 4.53. The largest absolute Gasteiger partial charge is 0.756 e. The normalized spacial score (nSPS) is 14.5. The van der Waals surface area contributed by atoms with Crippen molar-refractivity contribution < 1.29 is 42.1 Å². The Morgan fingerprint density at radius 1 is 0.554 bits per heavy atom. The first-order valence-corrected chi connectivity index (χ1v) is 22.8. The van der Waals surface area contributed by atoms with Crippen LogP contribution in [0.1, 0.15) is 142 Å². The summed E-state index contributed by atoms with van der Waals surface area (Å²) in [4.78, 5) is 37.5. The highest BCUT2D eigenvalue weighted by Gasteiger charge is 2.21. The Morgan fingerprint density at radius 3 is 1.50 bits per heavy atom. The van der Waals surface area contributed by atoms with E-state index in [4.69, 9.17) is 18.5 Å². The van der Waals surface area contributed by atoms with Crippen LogP contribution in [0.5, 0.6) is 0 Å². The molecule has 0 saturated carbocycles. The second kappa shape index (κ2) is 37.7. The third-order valence-corrected chi connectivity index (χ3v) is 9.33. The Morgan fingerprint density at radius 2 is 1.00 bits per heavy atom. The van der Waals surface area contributed by atoms with Crippen LogP contribution in [-0.4, -0.2) is 70.0 Å². The highest BCUT2D eigenvalue weighted by Crippen LogP contribution is 2.38. The fourth-order valence-electron chi connectivity index (χ4n) is 5.00.